The molecule has 0 saturated carbocycles. The molecule has 0 bridgehead atoms. The number of aromatic nitrogens is 4. The summed E-state index contributed by atoms with van der Waals surface area (Å²) >= 11 is 0. The molecule has 144 valence electrons. The Balaban J connectivity index is 1.64. The number of nitrogens with zero attached hydrogens (tertiary/aromatic N) is 5. The lowest BCUT2D eigenvalue weighted by Gasteiger charge is -2.05. The van der Waals surface area contributed by atoms with Gasteiger partial charge in [-0.15, -0.1) is 5.10 Å². The van der Waals surface area contributed by atoms with Crippen LogP contribution in [0.25, 0.3) is 5.69 Å². The lowest BCUT2D eigenvalue weighted by atomic mass is 10.1. The number of nitriles is 1. The Bertz CT molecular complexity index is 1010. The molecule has 0 aliphatic heterocycles. The van der Waals surface area contributed by atoms with Gasteiger partial charge in [0.1, 0.15) is 0 Å². The molecule has 0 radical (unpaired) electrons. The van der Waals surface area contributed by atoms with E-state index in [2.05, 4.69) is 40.7 Å². The maximum atomic E-state index is 12.3. The second-order valence-electron chi connectivity index (χ2n) is 6.97. The van der Waals surface area contributed by atoms with Crippen LogP contribution >= 0.6 is 0 Å². The van der Waals surface area contributed by atoms with Gasteiger partial charge in [0.15, 0.2) is 11.6 Å². The van der Waals surface area contributed by atoms with E-state index in [1.165, 1.54) is 0 Å². The van der Waals surface area contributed by atoms with E-state index in [-0.39, 0.29) is 0 Å². The highest BCUT2D eigenvalue weighted by Crippen LogP contribution is 2.16. The highest BCUT2D eigenvalue weighted by molar-refractivity contribution is 5.98. The molecule has 0 unspecified atom stereocenters. The predicted octanol–water partition coefficient (Wildman–Crippen LogP) is 3.94. The topological polar surface area (TPSA) is 101 Å². The SMILES string of the molecule is Cc1cc(NC(=O)Nc2ccn(CCC(C)C)n2)nn1-c1cccc(C#N)c1. The van der Waals surface area contributed by atoms with Gasteiger partial charge in [0.25, 0.3) is 0 Å². The van der Waals surface area contributed by atoms with Gasteiger partial charge in [-0.2, -0.15) is 10.4 Å². The molecule has 8 nitrogen and oxygen atoms in total. The number of rotatable bonds is 6. The Hall–Kier alpha value is -3.60. The molecule has 2 heterocycles. The Labute approximate surface area is 163 Å². The van der Waals surface area contributed by atoms with Gasteiger partial charge >= 0.3 is 6.03 Å². The first-order chi connectivity index (χ1) is 13.4. The third-order valence-corrected chi connectivity index (χ3v) is 4.17. The van der Waals surface area contributed by atoms with Crippen molar-refractivity contribution < 1.29 is 4.79 Å². The second kappa shape index (κ2) is 8.39. The fourth-order valence-corrected chi connectivity index (χ4v) is 2.71. The maximum Gasteiger partial charge on any atom is 0.326 e. The maximum absolute atomic E-state index is 12.3. The zero-order chi connectivity index (χ0) is 20.1. The number of aryl methyl sites for hydroxylation is 2. The number of anilines is 2. The number of carbonyl (C=O) groups is 1. The van der Waals surface area contributed by atoms with Crippen LogP contribution < -0.4 is 10.6 Å². The van der Waals surface area contributed by atoms with Gasteiger partial charge in [-0.3, -0.25) is 15.3 Å². The number of hydrogen-bond acceptors (Lipinski definition) is 4. The van der Waals surface area contributed by atoms with Crippen LogP contribution in [0.2, 0.25) is 0 Å². The first-order valence-corrected chi connectivity index (χ1v) is 9.13. The van der Waals surface area contributed by atoms with Crippen molar-refractivity contribution in [2.75, 3.05) is 10.6 Å². The molecule has 0 aliphatic carbocycles. The summed E-state index contributed by atoms with van der Waals surface area (Å²) in [6.07, 6.45) is 2.87. The van der Waals surface area contributed by atoms with Gasteiger partial charge in [-0.05, 0) is 37.5 Å². The summed E-state index contributed by atoms with van der Waals surface area (Å²) in [6.45, 7) is 7.01. The first-order valence-electron chi connectivity index (χ1n) is 9.13. The van der Waals surface area contributed by atoms with Crippen LogP contribution in [0.4, 0.5) is 16.4 Å². The fraction of sp³-hybridized carbons (Fsp3) is 0.300. The monoisotopic (exact) mass is 377 g/mol. The predicted molar refractivity (Wildman–Crippen MR) is 107 cm³/mol. The van der Waals surface area contributed by atoms with Gasteiger partial charge < -0.3 is 0 Å². The molecule has 0 atom stereocenters. The average Bonchev–Trinajstić information content (AvgIpc) is 3.26. The van der Waals surface area contributed by atoms with E-state index < -0.39 is 6.03 Å². The van der Waals surface area contributed by atoms with E-state index in [1.54, 1.807) is 35.0 Å². The number of urea groups is 1. The molecule has 3 aromatic rings. The van der Waals surface area contributed by atoms with E-state index in [0.717, 1.165) is 24.3 Å². The van der Waals surface area contributed by atoms with Crippen LogP contribution in [0, 0.1) is 24.2 Å². The molecule has 28 heavy (non-hydrogen) atoms. The van der Waals surface area contributed by atoms with Crippen LogP contribution in [-0.2, 0) is 6.54 Å². The average molecular weight is 377 g/mol. The number of amides is 2. The van der Waals surface area contributed by atoms with Gasteiger partial charge in [0.05, 0.1) is 17.3 Å². The zero-order valence-corrected chi connectivity index (χ0v) is 16.2. The van der Waals surface area contributed by atoms with Crippen LogP contribution in [0.15, 0.2) is 42.6 Å². The fourth-order valence-electron chi connectivity index (χ4n) is 2.71. The minimum absolute atomic E-state index is 0.412. The largest absolute Gasteiger partial charge is 0.326 e. The highest BCUT2D eigenvalue weighted by atomic mass is 16.2. The van der Waals surface area contributed by atoms with Crippen molar-refractivity contribution in [1.82, 2.24) is 19.6 Å². The smallest absolute Gasteiger partial charge is 0.291 e. The summed E-state index contributed by atoms with van der Waals surface area (Å²) < 4.78 is 3.49. The summed E-state index contributed by atoms with van der Waals surface area (Å²) in [5, 5.41) is 23.2. The number of hydrogen-bond donors (Lipinski definition) is 2. The van der Waals surface area contributed by atoms with Crippen molar-refractivity contribution in [3.8, 4) is 11.8 Å². The van der Waals surface area contributed by atoms with Crippen LogP contribution in [0.5, 0.6) is 0 Å². The minimum atomic E-state index is -0.412. The molecule has 2 N–H and O–H groups in total. The Morgan fingerprint density at radius 1 is 1.18 bits per heavy atom. The normalized spacial score (nSPS) is 10.7. The molecule has 0 aliphatic rings. The van der Waals surface area contributed by atoms with E-state index in [0.29, 0.717) is 23.1 Å². The first kappa shape index (κ1) is 19.2. The van der Waals surface area contributed by atoms with Crippen LogP contribution in [0.3, 0.4) is 0 Å². The van der Waals surface area contributed by atoms with Crippen molar-refractivity contribution in [2.45, 2.75) is 33.7 Å². The summed E-state index contributed by atoms with van der Waals surface area (Å²) in [5.41, 5.74) is 2.14. The van der Waals surface area contributed by atoms with Crippen molar-refractivity contribution >= 4 is 17.7 Å². The summed E-state index contributed by atoms with van der Waals surface area (Å²) in [4.78, 5) is 12.3. The van der Waals surface area contributed by atoms with Gasteiger partial charge in [-0.1, -0.05) is 19.9 Å². The molecule has 1 aromatic carbocycles. The molecule has 2 amide bonds. The van der Waals surface area contributed by atoms with E-state index in [9.17, 15) is 4.79 Å². The third-order valence-electron chi connectivity index (χ3n) is 4.17. The number of benzene rings is 1. The lowest BCUT2D eigenvalue weighted by Crippen LogP contribution is -2.20. The van der Waals surface area contributed by atoms with Gasteiger partial charge in [-0.25, -0.2) is 9.48 Å². The van der Waals surface area contributed by atoms with Crippen LogP contribution in [-0.4, -0.2) is 25.6 Å². The van der Waals surface area contributed by atoms with Crippen molar-refractivity contribution in [2.24, 2.45) is 5.92 Å². The molecule has 8 heteroatoms. The summed E-state index contributed by atoms with van der Waals surface area (Å²) in [6, 6.07) is 12.3. The molecule has 0 spiro atoms. The zero-order valence-electron chi connectivity index (χ0n) is 16.2. The van der Waals surface area contributed by atoms with E-state index in [1.807, 2.05) is 23.9 Å². The second-order valence-corrected chi connectivity index (χ2v) is 6.97. The number of nitrogens with one attached hydrogen (secondary N) is 2. The third kappa shape index (κ3) is 4.76. The Morgan fingerprint density at radius 2 is 1.96 bits per heavy atom. The molecule has 0 fully saturated rings. The summed E-state index contributed by atoms with van der Waals surface area (Å²) in [5.74, 6) is 1.49. The number of carbonyl (C=O) groups excluding carboxylic acids is 1. The Morgan fingerprint density at radius 3 is 2.71 bits per heavy atom. The minimum Gasteiger partial charge on any atom is -0.291 e. The van der Waals surface area contributed by atoms with Crippen molar-refractivity contribution in [3.05, 3.63) is 53.9 Å². The molecule has 3 rings (SSSR count). The van der Waals surface area contributed by atoms with E-state index >= 15 is 0 Å². The summed E-state index contributed by atoms with van der Waals surface area (Å²) in [7, 11) is 0. The molecule has 0 saturated heterocycles. The highest BCUT2D eigenvalue weighted by Gasteiger charge is 2.11. The standard InChI is InChI=1S/C20H23N7O/c1-14(2)7-9-26-10-8-18(24-26)22-20(28)23-19-11-15(3)27(25-19)17-6-4-5-16(12-17)13-21/h4-6,8,10-12,14H,7,9H2,1-3H3,(H2,22,23,24,25,28). The molecular formula is C20H23N7O. The van der Waals surface area contributed by atoms with Crippen LogP contribution in [0.1, 0.15) is 31.5 Å². The van der Waals surface area contributed by atoms with Crippen molar-refractivity contribution in [3.63, 3.8) is 0 Å². The quantitative estimate of drug-likeness (QED) is 0.679. The molecular weight excluding hydrogens is 354 g/mol. The van der Waals surface area contributed by atoms with Crippen molar-refractivity contribution in [1.29, 1.82) is 5.26 Å². The van der Waals surface area contributed by atoms with Gasteiger partial charge in [0, 0.05) is 30.6 Å². The van der Waals surface area contributed by atoms with Gasteiger partial charge in [0.2, 0.25) is 0 Å². The lowest BCUT2D eigenvalue weighted by molar-refractivity contribution is 0.262. The van der Waals surface area contributed by atoms with E-state index in [4.69, 9.17) is 5.26 Å². The molecule has 2 aromatic heterocycles. The Kier molecular flexibility index (Phi) is 5.75.